The van der Waals surface area contributed by atoms with Crippen LogP contribution in [0.4, 0.5) is 5.69 Å². The summed E-state index contributed by atoms with van der Waals surface area (Å²) in [5.41, 5.74) is 6.17. The first kappa shape index (κ1) is 27.7. The Morgan fingerprint density at radius 1 is 1.06 bits per heavy atom. The highest BCUT2D eigenvalue weighted by Gasteiger charge is 2.44. The third kappa shape index (κ3) is 6.64. The summed E-state index contributed by atoms with van der Waals surface area (Å²) in [6.07, 6.45) is 3.96. The molecule has 1 aromatic heterocycles. The van der Waals surface area contributed by atoms with E-state index in [1.807, 2.05) is 13.8 Å². The van der Waals surface area contributed by atoms with Crippen LogP contribution in [0.2, 0.25) is 0 Å². The Morgan fingerprint density at radius 2 is 1.58 bits per heavy atom. The van der Waals surface area contributed by atoms with Crippen LogP contribution in [0.1, 0.15) is 82.8 Å². The molecule has 36 heavy (non-hydrogen) atoms. The molecule has 1 aliphatic heterocycles. The van der Waals surface area contributed by atoms with Gasteiger partial charge in [0, 0.05) is 35.6 Å². The Morgan fingerprint density at radius 3 is 2.03 bits per heavy atom. The van der Waals surface area contributed by atoms with E-state index in [0.29, 0.717) is 5.41 Å². The van der Waals surface area contributed by atoms with Crippen molar-refractivity contribution in [3.05, 3.63) is 46.8 Å². The Balaban J connectivity index is 0.000000658. The lowest BCUT2D eigenvalue weighted by Crippen LogP contribution is -2.38. The van der Waals surface area contributed by atoms with Crippen LogP contribution in [0.25, 0.3) is 11.1 Å². The van der Waals surface area contributed by atoms with E-state index in [1.165, 1.54) is 0 Å². The van der Waals surface area contributed by atoms with Gasteiger partial charge < -0.3 is 15.1 Å². The molecule has 1 aliphatic carbocycles. The third-order valence-electron chi connectivity index (χ3n) is 7.11. The molecule has 4 rings (SSSR count). The minimum Gasteiger partial charge on any atom is -0.481 e. The number of aromatic nitrogens is 1. The second-order valence-electron chi connectivity index (χ2n) is 12.1. The van der Waals surface area contributed by atoms with Gasteiger partial charge in [0.25, 0.3) is 0 Å². The lowest BCUT2D eigenvalue weighted by atomic mass is 9.82. The predicted molar refractivity (Wildman–Crippen MR) is 144 cm³/mol. The van der Waals surface area contributed by atoms with Gasteiger partial charge in [0.05, 0.1) is 29.2 Å². The quantitative estimate of drug-likeness (QED) is 0.536. The number of pyridine rings is 1. The van der Waals surface area contributed by atoms with Crippen molar-refractivity contribution in [1.29, 1.82) is 5.26 Å². The van der Waals surface area contributed by atoms with E-state index in [2.05, 4.69) is 49.1 Å². The molecule has 0 spiro atoms. The number of hydrogen-bond donors (Lipinski definition) is 2. The molecular formula is C30H41N3O3. The zero-order valence-corrected chi connectivity index (χ0v) is 22.9. The molecule has 0 atom stereocenters. The molecule has 6 nitrogen and oxygen atoms in total. The lowest BCUT2D eigenvalue weighted by molar-refractivity contribution is -0.136. The van der Waals surface area contributed by atoms with Gasteiger partial charge >= 0.3 is 5.97 Å². The van der Waals surface area contributed by atoms with Gasteiger partial charge in [0.1, 0.15) is 0 Å². The first-order chi connectivity index (χ1) is 16.7. The number of rotatable bonds is 5. The van der Waals surface area contributed by atoms with E-state index in [1.54, 1.807) is 20.8 Å². The number of carbonyl (C=O) groups is 1. The van der Waals surface area contributed by atoms with Crippen molar-refractivity contribution in [1.82, 2.24) is 4.98 Å². The van der Waals surface area contributed by atoms with Crippen molar-refractivity contribution in [3.8, 4) is 17.2 Å². The fraction of sp³-hybridized carbons (Fsp3) is 0.567. The number of aryl methyl sites for hydroxylation is 2. The number of carboxylic acid groups (broad SMARTS) is 1. The Kier molecular flexibility index (Phi) is 7.86. The maximum atomic E-state index is 11.7. The molecule has 2 fully saturated rings. The molecule has 2 aromatic rings. The molecule has 0 radical (unpaired) electrons. The van der Waals surface area contributed by atoms with Crippen molar-refractivity contribution in [3.63, 3.8) is 0 Å². The second-order valence-corrected chi connectivity index (χ2v) is 12.1. The fourth-order valence-corrected chi connectivity index (χ4v) is 4.81. The lowest BCUT2D eigenvalue weighted by Gasteiger charge is -2.40. The number of aliphatic hydroxyl groups is 1. The molecule has 1 saturated carbocycles. The van der Waals surface area contributed by atoms with Crippen molar-refractivity contribution < 1.29 is 15.0 Å². The Hall–Kier alpha value is -2.91. The number of hydrogen-bond acceptors (Lipinski definition) is 5. The van der Waals surface area contributed by atoms with Crippen LogP contribution in [0.15, 0.2) is 24.3 Å². The number of piperidine rings is 1. The molecule has 1 saturated heterocycles. The summed E-state index contributed by atoms with van der Waals surface area (Å²) in [5, 5.41) is 27.7. The van der Waals surface area contributed by atoms with Crippen molar-refractivity contribution in [2.24, 2.45) is 5.41 Å². The van der Waals surface area contributed by atoms with Gasteiger partial charge in [-0.15, -0.1) is 0 Å². The first-order valence-electron chi connectivity index (χ1n) is 12.9. The van der Waals surface area contributed by atoms with Crippen molar-refractivity contribution in [2.45, 2.75) is 91.6 Å². The molecular weight excluding hydrogens is 450 g/mol. The molecule has 2 N–H and O–H groups in total. The van der Waals surface area contributed by atoms with Gasteiger partial charge in [-0.2, -0.15) is 5.26 Å². The molecule has 0 bridgehead atoms. The minimum absolute atomic E-state index is 0.0308. The maximum Gasteiger partial charge on any atom is 0.307 e. The Bertz CT molecular complexity index is 1130. The van der Waals surface area contributed by atoms with Crippen LogP contribution in [0.5, 0.6) is 0 Å². The number of benzene rings is 1. The summed E-state index contributed by atoms with van der Waals surface area (Å²) in [6, 6.07) is 10.7. The largest absolute Gasteiger partial charge is 0.481 e. The fourth-order valence-electron chi connectivity index (χ4n) is 4.81. The summed E-state index contributed by atoms with van der Waals surface area (Å²) >= 11 is 0. The maximum absolute atomic E-state index is 11.7. The van der Waals surface area contributed by atoms with Crippen LogP contribution in [-0.4, -0.2) is 39.9 Å². The highest BCUT2D eigenvalue weighted by Crippen LogP contribution is 2.48. The van der Waals surface area contributed by atoms with E-state index < -0.39 is 11.6 Å². The summed E-state index contributed by atoms with van der Waals surface area (Å²) in [4.78, 5) is 18.8. The van der Waals surface area contributed by atoms with E-state index in [4.69, 9.17) is 10.1 Å². The minimum atomic E-state index is -0.835. The van der Waals surface area contributed by atoms with Gasteiger partial charge in [-0.3, -0.25) is 9.78 Å². The number of aliphatic carboxylic acids is 1. The van der Waals surface area contributed by atoms with Crippen LogP contribution in [0.3, 0.4) is 0 Å². The zero-order valence-electron chi connectivity index (χ0n) is 22.9. The number of nitrogens with zero attached hydrogens (tertiary/aromatic N) is 3. The van der Waals surface area contributed by atoms with Gasteiger partial charge in [-0.05, 0) is 76.8 Å². The van der Waals surface area contributed by atoms with Crippen LogP contribution < -0.4 is 4.90 Å². The van der Waals surface area contributed by atoms with Gasteiger partial charge in [0.2, 0.25) is 0 Å². The van der Waals surface area contributed by atoms with Crippen LogP contribution >= 0.6 is 0 Å². The highest BCUT2D eigenvalue weighted by molar-refractivity contribution is 5.86. The van der Waals surface area contributed by atoms with Gasteiger partial charge in [-0.1, -0.05) is 38.1 Å². The molecule has 194 valence electrons. The predicted octanol–water partition coefficient (Wildman–Crippen LogP) is 5.95. The Labute approximate surface area is 216 Å². The molecule has 1 aromatic carbocycles. The first-order valence-corrected chi connectivity index (χ1v) is 12.9. The van der Waals surface area contributed by atoms with Crippen molar-refractivity contribution >= 4 is 11.7 Å². The summed E-state index contributed by atoms with van der Waals surface area (Å²) < 4.78 is 0. The third-order valence-corrected chi connectivity index (χ3v) is 7.11. The topological polar surface area (TPSA) is 97.5 Å². The van der Waals surface area contributed by atoms with Crippen LogP contribution in [-0.2, 0) is 16.6 Å². The smallest absolute Gasteiger partial charge is 0.307 e. The van der Waals surface area contributed by atoms with Gasteiger partial charge in [-0.25, -0.2) is 0 Å². The summed E-state index contributed by atoms with van der Waals surface area (Å²) in [7, 11) is 0. The van der Waals surface area contributed by atoms with Crippen LogP contribution in [0, 0.1) is 30.6 Å². The number of nitriles is 1. The van der Waals surface area contributed by atoms with E-state index in [9.17, 15) is 15.2 Å². The molecule has 0 amide bonds. The van der Waals surface area contributed by atoms with Gasteiger partial charge in [0.15, 0.2) is 0 Å². The second kappa shape index (κ2) is 10.2. The SMILES string of the molecule is CC(C)(C)O.Cc1nc(C)c(-c2ccc(C3(C#N)CC3)cc2)c(N2CCC(C)(C)CC2)c1CC(=O)O. The summed E-state index contributed by atoms with van der Waals surface area (Å²) in [6.45, 7) is 15.6. The zero-order chi connectivity index (χ0) is 26.9. The van der Waals surface area contributed by atoms with Crippen molar-refractivity contribution in [2.75, 3.05) is 18.0 Å². The van der Waals surface area contributed by atoms with E-state index in [0.717, 1.165) is 78.1 Å². The normalized spacial score (nSPS) is 18.0. The molecule has 6 heteroatoms. The number of carboxylic acids is 1. The number of anilines is 1. The average molecular weight is 492 g/mol. The molecule has 0 unspecified atom stereocenters. The monoisotopic (exact) mass is 491 g/mol. The molecule has 2 aliphatic rings. The summed E-state index contributed by atoms with van der Waals surface area (Å²) in [5.74, 6) is -0.835. The highest BCUT2D eigenvalue weighted by atomic mass is 16.4. The standard InChI is InChI=1S/C26H31N3O2.C4H10O/c1-17-21(15-22(30)31)24(29-13-11-25(3,4)12-14-29)23(18(2)28-17)19-5-7-20(8-6-19)26(16-27)9-10-26;1-4(2,3)5/h5-8H,9-15H2,1-4H3,(H,30,31);5H,1-3H3. The average Bonchev–Trinajstić information content (AvgIpc) is 3.56. The van der Waals surface area contributed by atoms with E-state index >= 15 is 0 Å². The van der Waals surface area contributed by atoms with E-state index in [-0.39, 0.29) is 11.8 Å². The molecule has 2 heterocycles.